The second-order valence-corrected chi connectivity index (χ2v) is 11.3. The first kappa shape index (κ1) is 24.7. The van der Waals surface area contributed by atoms with Gasteiger partial charge < -0.3 is 10.2 Å². The van der Waals surface area contributed by atoms with Crippen LogP contribution in [0.4, 0.5) is 0 Å². The molecule has 1 aliphatic heterocycles. The number of hydrogen-bond donors (Lipinski definition) is 1. The molecule has 1 saturated carbocycles. The van der Waals surface area contributed by atoms with Crippen LogP contribution in [0.15, 0.2) is 72.1 Å². The topological polar surface area (TPSA) is 66.5 Å². The molecule has 1 saturated heterocycles. The molecule has 1 aliphatic carbocycles. The van der Waals surface area contributed by atoms with Gasteiger partial charge in [0.05, 0.1) is 16.8 Å². The number of Topliss-reactive ketones (excluding diaryl/α,β-unsaturated/α-hetero) is 1. The number of likely N-dealkylation sites (tertiary alicyclic amines) is 1. The third kappa shape index (κ3) is 4.72. The van der Waals surface area contributed by atoms with E-state index >= 15 is 0 Å². The Morgan fingerprint density at radius 2 is 1.64 bits per heavy atom. The molecule has 1 aromatic heterocycles. The van der Waals surface area contributed by atoms with Gasteiger partial charge >= 0.3 is 0 Å². The van der Waals surface area contributed by atoms with Crippen molar-refractivity contribution in [3.05, 3.63) is 93.1 Å². The first-order valence-corrected chi connectivity index (χ1v) is 13.6. The van der Waals surface area contributed by atoms with Crippen LogP contribution in [0.25, 0.3) is 0 Å². The molecule has 2 aromatic carbocycles. The minimum absolute atomic E-state index is 0.0480. The minimum atomic E-state index is -0.819. The minimum Gasteiger partial charge on any atom is -0.352 e. The summed E-state index contributed by atoms with van der Waals surface area (Å²) < 4.78 is 0. The van der Waals surface area contributed by atoms with Crippen molar-refractivity contribution in [2.24, 2.45) is 11.8 Å². The van der Waals surface area contributed by atoms with E-state index in [2.05, 4.69) is 5.32 Å². The van der Waals surface area contributed by atoms with Gasteiger partial charge in [-0.2, -0.15) is 0 Å². The number of carbonyl (C=O) groups excluding carboxylic acids is 3. The summed E-state index contributed by atoms with van der Waals surface area (Å²) in [6.45, 7) is 3.81. The standard InChI is InChI=1S/C29H29ClN2O3S/c1-17(2)31-28(34)26-23(18-12-14-21(30)15-13-18)24(27(33)22-9-6-16-36-22)25(19-7-4-3-5-8-19)32(26)29(35)20-10-11-20/h3-9,12-17,20,23-26H,10-11H2,1-2H3,(H,31,34). The lowest BCUT2D eigenvalue weighted by Gasteiger charge is -2.32. The molecule has 36 heavy (non-hydrogen) atoms. The van der Waals surface area contributed by atoms with E-state index in [1.807, 2.05) is 73.8 Å². The lowest BCUT2D eigenvalue weighted by atomic mass is 9.77. The van der Waals surface area contributed by atoms with Crippen LogP contribution in [0.5, 0.6) is 0 Å². The number of thiophene rings is 1. The van der Waals surface area contributed by atoms with E-state index in [4.69, 9.17) is 11.6 Å². The molecule has 0 radical (unpaired) electrons. The average molecular weight is 521 g/mol. The monoisotopic (exact) mass is 520 g/mol. The third-order valence-corrected chi connectivity index (χ3v) is 8.15. The molecule has 5 nitrogen and oxygen atoms in total. The number of halogens is 1. The van der Waals surface area contributed by atoms with Crippen LogP contribution in [0.2, 0.25) is 5.02 Å². The lowest BCUT2D eigenvalue weighted by molar-refractivity contribution is -0.142. The fraction of sp³-hybridized carbons (Fsp3) is 0.345. The second kappa shape index (κ2) is 10.2. The summed E-state index contributed by atoms with van der Waals surface area (Å²) in [4.78, 5) is 44.3. The first-order valence-electron chi connectivity index (χ1n) is 12.4. The fourth-order valence-corrected chi connectivity index (χ4v) is 6.21. The largest absolute Gasteiger partial charge is 0.352 e. The summed E-state index contributed by atoms with van der Waals surface area (Å²) in [5.74, 6) is -1.59. The van der Waals surface area contributed by atoms with E-state index in [0.717, 1.165) is 24.0 Å². The van der Waals surface area contributed by atoms with E-state index in [1.54, 1.807) is 17.0 Å². The highest BCUT2D eigenvalue weighted by Gasteiger charge is 2.58. The molecule has 2 aliphatic rings. The van der Waals surface area contributed by atoms with Gasteiger partial charge in [-0.15, -0.1) is 11.3 Å². The molecule has 0 bridgehead atoms. The molecule has 7 heteroatoms. The van der Waals surface area contributed by atoms with Crippen molar-refractivity contribution in [3.63, 3.8) is 0 Å². The predicted molar refractivity (Wildman–Crippen MR) is 142 cm³/mol. The van der Waals surface area contributed by atoms with Gasteiger partial charge in [-0.1, -0.05) is 60.1 Å². The number of carbonyl (C=O) groups is 3. The molecule has 1 N–H and O–H groups in total. The van der Waals surface area contributed by atoms with Crippen LogP contribution < -0.4 is 5.32 Å². The normalized spacial score (nSPS) is 23.6. The van der Waals surface area contributed by atoms with Crippen molar-refractivity contribution < 1.29 is 14.4 Å². The first-order chi connectivity index (χ1) is 17.4. The number of amides is 2. The van der Waals surface area contributed by atoms with E-state index < -0.39 is 23.9 Å². The molecular weight excluding hydrogens is 492 g/mol. The zero-order chi connectivity index (χ0) is 25.4. The Labute approximate surface area is 220 Å². The highest BCUT2D eigenvalue weighted by atomic mass is 35.5. The van der Waals surface area contributed by atoms with Crippen molar-refractivity contribution in [1.82, 2.24) is 10.2 Å². The maximum absolute atomic E-state index is 14.2. The molecule has 186 valence electrons. The van der Waals surface area contributed by atoms with Crippen molar-refractivity contribution in [2.75, 3.05) is 0 Å². The molecule has 3 aromatic rings. The van der Waals surface area contributed by atoms with Gasteiger partial charge in [-0.3, -0.25) is 14.4 Å². The average Bonchev–Trinajstić information content (AvgIpc) is 3.44. The number of benzene rings is 2. The molecule has 2 fully saturated rings. The van der Waals surface area contributed by atoms with Crippen molar-refractivity contribution in [1.29, 1.82) is 0 Å². The van der Waals surface area contributed by atoms with E-state index in [1.165, 1.54) is 11.3 Å². The van der Waals surface area contributed by atoms with Crippen LogP contribution in [0.1, 0.15) is 59.4 Å². The van der Waals surface area contributed by atoms with Crippen LogP contribution in [0, 0.1) is 11.8 Å². The molecule has 5 rings (SSSR count). The Morgan fingerprint density at radius 1 is 0.944 bits per heavy atom. The van der Waals surface area contributed by atoms with Crippen LogP contribution in [-0.4, -0.2) is 34.6 Å². The van der Waals surface area contributed by atoms with Gasteiger partial charge in [0, 0.05) is 22.9 Å². The molecule has 2 amide bonds. The maximum Gasteiger partial charge on any atom is 0.243 e. The summed E-state index contributed by atoms with van der Waals surface area (Å²) in [5, 5.41) is 5.50. The van der Waals surface area contributed by atoms with Gasteiger partial charge in [0.15, 0.2) is 5.78 Å². The number of hydrogen-bond acceptors (Lipinski definition) is 4. The Hall–Kier alpha value is -2.96. The number of nitrogens with one attached hydrogen (secondary N) is 1. The molecule has 4 atom stereocenters. The van der Waals surface area contributed by atoms with Gasteiger partial charge in [-0.25, -0.2) is 0 Å². The van der Waals surface area contributed by atoms with Gasteiger partial charge in [0.2, 0.25) is 11.8 Å². The molecule has 4 unspecified atom stereocenters. The summed E-state index contributed by atoms with van der Waals surface area (Å²) in [5.41, 5.74) is 1.69. The Morgan fingerprint density at radius 3 is 2.22 bits per heavy atom. The number of nitrogens with zero attached hydrogens (tertiary/aromatic N) is 1. The third-order valence-electron chi connectivity index (χ3n) is 7.01. The second-order valence-electron chi connectivity index (χ2n) is 9.93. The zero-order valence-corrected chi connectivity index (χ0v) is 21.8. The van der Waals surface area contributed by atoms with Crippen LogP contribution in [0.3, 0.4) is 0 Å². The summed E-state index contributed by atoms with van der Waals surface area (Å²) in [6.07, 6.45) is 1.62. The smallest absolute Gasteiger partial charge is 0.243 e. The number of ketones is 1. The molecular formula is C29H29ClN2O3S. The molecule has 0 spiro atoms. The van der Waals surface area contributed by atoms with Crippen molar-refractivity contribution in [3.8, 4) is 0 Å². The van der Waals surface area contributed by atoms with Gasteiger partial charge in [0.25, 0.3) is 0 Å². The van der Waals surface area contributed by atoms with Crippen molar-refractivity contribution >= 4 is 40.5 Å². The Bertz CT molecular complexity index is 1240. The Kier molecular flexibility index (Phi) is 7.00. The Balaban J connectivity index is 1.74. The summed E-state index contributed by atoms with van der Waals surface area (Å²) >= 11 is 7.60. The SMILES string of the molecule is CC(C)NC(=O)C1C(c2ccc(Cl)cc2)C(C(=O)c2cccs2)C(c2ccccc2)N1C(=O)C1CC1. The van der Waals surface area contributed by atoms with Crippen LogP contribution >= 0.6 is 22.9 Å². The summed E-state index contributed by atoms with van der Waals surface area (Å²) in [7, 11) is 0. The maximum atomic E-state index is 14.2. The number of rotatable bonds is 7. The van der Waals surface area contributed by atoms with Crippen molar-refractivity contribution in [2.45, 2.75) is 50.7 Å². The highest BCUT2D eigenvalue weighted by Crippen LogP contribution is 2.53. The zero-order valence-electron chi connectivity index (χ0n) is 20.3. The van der Waals surface area contributed by atoms with Gasteiger partial charge in [-0.05, 0) is 61.4 Å². The quantitative estimate of drug-likeness (QED) is 0.396. The highest BCUT2D eigenvalue weighted by molar-refractivity contribution is 7.12. The summed E-state index contributed by atoms with van der Waals surface area (Å²) in [6, 6.07) is 19.2. The predicted octanol–water partition coefficient (Wildman–Crippen LogP) is 5.87. The fourth-order valence-electron chi connectivity index (χ4n) is 5.37. The van der Waals surface area contributed by atoms with E-state index in [0.29, 0.717) is 9.90 Å². The molecule has 2 heterocycles. The lowest BCUT2D eigenvalue weighted by Crippen LogP contribution is -2.50. The van der Waals surface area contributed by atoms with E-state index in [-0.39, 0.29) is 29.6 Å². The van der Waals surface area contributed by atoms with Crippen LogP contribution in [-0.2, 0) is 9.59 Å². The van der Waals surface area contributed by atoms with E-state index in [9.17, 15) is 14.4 Å². The van der Waals surface area contributed by atoms with Gasteiger partial charge in [0.1, 0.15) is 6.04 Å².